The zero-order valence-electron chi connectivity index (χ0n) is 7.09. The standard InChI is InChI=1S/C9H11N3/c1-7-8(12-6-11-7)9(5-10)3-2-4-9/h6H,2-4H2,1H3,(H,11,12). The smallest absolute Gasteiger partial charge is 0.101 e. The summed E-state index contributed by atoms with van der Waals surface area (Å²) in [6.07, 6.45) is 4.76. The van der Waals surface area contributed by atoms with Crippen LogP contribution in [0.3, 0.4) is 0 Å². The van der Waals surface area contributed by atoms with E-state index in [0.29, 0.717) is 0 Å². The monoisotopic (exact) mass is 161 g/mol. The quantitative estimate of drug-likeness (QED) is 0.681. The lowest BCUT2D eigenvalue weighted by atomic mass is 9.67. The molecule has 0 aromatic carbocycles. The van der Waals surface area contributed by atoms with E-state index in [-0.39, 0.29) is 5.41 Å². The lowest BCUT2D eigenvalue weighted by Gasteiger charge is -2.33. The van der Waals surface area contributed by atoms with E-state index in [4.69, 9.17) is 5.26 Å². The molecule has 0 spiro atoms. The number of nitriles is 1. The molecule has 0 aliphatic heterocycles. The third-order valence-corrected chi connectivity index (χ3v) is 2.70. The van der Waals surface area contributed by atoms with Crippen LogP contribution in [0.1, 0.15) is 30.7 Å². The molecule has 3 nitrogen and oxygen atoms in total. The number of nitrogens with one attached hydrogen (secondary N) is 1. The van der Waals surface area contributed by atoms with E-state index in [9.17, 15) is 0 Å². The molecule has 0 atom stereocenters. The molecule has 1 N–H and O–H groups in total. The van der Waals surface area contributed by atoms with Crippen molar-refractivity contribution >= 4 is 0 Å². The fourth-order valence-electron chi connectivity index (χ4n) is 1.77. The predicted octanol–water partition coefficient (Wildman–Crippen LogP) is 1.66. The summed E-state index contributed by atoms with van der Waals surface area (Å²) in [7, 11) is 0. The Bertz CT molecular complexity index is 328. The Morgan fingerprint density at radius 1 is 1.67 bits per heavy atom. The Hall–Kier alpha value is -1.30. The maximum Gasteiger partial charge on any atom is 0.101 e. The number of H-pyrrole nitrogens is 1. The molecule has 0 bridgehead atoms. The van der Waals surface area contributed by atoms with Crippen LogP contribution in [0.4, 0.5) is 0 Å². The van der Waals surface area contributed by atoms with Crippen LogP contribution >= 0.6 is 0 Å². The zero-order chi connectivity index (χ0) is 8.60. The molecule has 0 saturated heterocycles. The van der Waals surface area contributed by atoms with Gasteiger partial charge in [0.1, 0.15) is 5.41 Å². The molecule has 1 heterocycles. The summed E-state index contributed by atoms with van der Waals surface area (Å²) in [6.45, 7) is 1.97. The number of imidazole rings is 1. The molecule has 62 valence electrons. The second-order valence-corrected chi connectivity index (χ2v) is 3.42. The van der Waals surface area contributed by atoms with Gasteiger partial charge >= 0.3 is 0 Å². The molecule has 2 rings (SSSR count). The van der Waals surface area contributed by atoms with Crippen LogP contribution in [0.25, 0.3) is 0 Å². The summed E-state index contributed by atoms with van der Waals surface area (Å²) in [6, 6.07) is 2.38. The molecule has 1 aliphatic rings. The predicted molar refractivity (Wildman–Crippen MR) is 44.5 cm³/mol. The van der Waals surface area contributed by atoms with Gasteiger partial charge in [0.2, 0.25) is 0 Å². The van der Waals surface area contributed by atoms with Gasteiger partial charge in [0.05, 0.1) is 18.1 Å². The minimum absolute atomic E-state index is 0.260. The molecule has 3 heteroatoms. The first-order valence-corrected chi connectivity index (χ1v) is 4.20. The van der Waals surface area contributed by atoms with Crippen LogP contribution in [0.5, 0.6) is 0 Å². The average Bonchev–Trinajstić information content (AvgIpc) is 2.36. The van der Waals surface area contributed by atoms with Crippen molar-refractivity contribution in [2.45, 2.75) is 31.6 Å². The van der Waals surface area contributed by atoms with Crippen molar-refractivity contribution in [3.63, 3.8) is 0 Å². The van der Waals surface area contributed by atoms with Gasteiger partial charge in [-0.3, -0.25) is 0 Å². The van der Waals surface area contributed by atoms with Crippen LogP contribution < -0.4 is 0 Å². The molecule has 0 radical (unpaired) electrons. The fourth-order valence-corrected chi connectivity index (χ4v) is 1.77. The molecule has 1 fully saturated rings. The van der Waals surface area contributed by atoms with Crippen molar-refractivity contribution in [3.8, 4) is 6.07 Å². The summed E-state index contributed by atoms with van der Waals surface area (Å²) in [5.74, 6) is 0. The summed E-state index contributed by atoms with van der Waals surface area (Å²) in [4.78, 5) is 7.22. The highest BCUT2D eigenvalue weighted by Gasteiger charge is 2.41. The highest BCUT2D eigenvalue weighted by molar-refractivity contribution is 5.32. The maximum atomic E-state index is 9.03. The van der Waals surface area contributed by atoms with Crippen LogP contribution in [0.15, 0.2) is 6.33 Å². The second kappa shape index (κ2) is 2.34. The minimum atomic E-state index is -0.260. The number of aromatic nitrogens is 2. The summed E-state index contributed by atoms with van der Waals surface area (Å²) < 4.78 is 0. The van der Waals surface area contributed by atoms with Gasteiger partial charge in [-0.15, -0.1) is 0 Å². The van der Waals surface area contributed by atoms with Crippen LogP contribution in [0, 0.1) is 18.3 Å². The number of hydrogen-bond acceptors (Lipinski definition) is 2. The highest BCUT2D eigenvalue weighted by atomic mass is 14.9. The van der Waals surface area contributed by atoms with Crippen molar-refractivity contribution in [2.24, 2.45) is 0 Å². The molecular weight excluding hydrogens is 150 g/mol. The van der Waals surface area contributed by atoms with E-state index < -0.39 is 0 Å². The van der Waals surface area contributed by atoms with Gasteiger partial charge in [0.15, 0.2) is 0 Å². The molecule has 1 aromatic rings. The zero-order valence-corrected chi connectivity index (χ0v) is 7.09. The molecule has 1 aromatic heterocycles. The Kier molecular flexibility index (Phi) is 1.44. The third-order valence-electron chi connectivity index (χ3n) is 2.70. The number of aryl methyl sites for hydroxylation is 1. The Balaban J connectivity index is 2.42. The van der Waals surface area contributed by atoms with Gasteiger partial charge in [0, 0.05) is 5.69 Å². The normalized spacial score (nSPS) is 19.7. The van der Waals surface area contributed by atoms with Crippen molar-refractivity contribution in [1.29, 1.82) is 5.26 Å². The maximum absolute atomic E-state index is 9.03. The second-order valence-electron chi connectivity index (χ2n) is 3.42. The largest absolute Gasteiger partial charge is 0.348 e. The molecule has 1 saturated carbocycles. The SMILES string of the molecule is Cc1[nH]cnc1C1(C#N)CCC1. The van der Waals surface area contributed by atoms with Crippen LogP contribution in [-0.2, 0) is 5.41 Å². The van der Waals surface area contributed by atoms with Gasteiger partial charge in [-0.1, -0.05) is 0 Å². The number of nitrogens with zero attached hydrogens (tertiary/aromatic N) is 2. The lowest BCUT2D eigenvalue weighted by molar-refractivity contribution is 0.315. The fraction of sp³-hybridized carbons (Fsp3) is 0.556. The first kappa shape index (κ1) is 7.35. The summed E-state index contributed by atoms with van der Waals surface area (Å²) in [5.41, 5.74) is 1.73. The molecule has 0 amide bonds. The van der Waals surface area contributed by atoms with E-state index in [1.807, 2.05) is 6.92 Å². The van der Waals surface area contributed by atoms with Gasteiger partial charge in [-0.2, -0.15) is 5.26 Å². The van der Waals surface area contributed by atoms with Crippen LogP contribution in [-0.4, -0.2) is 9.97 Å². The van der Waals surface area contributed by atoms with Crippen molar-refractivity contribution in [1.82, 2.24) is 9.97 Å². The average molecular weight is 161 g/mol. The van der Waals surface area contributed by atoms with Crippen molar-refractivity contribution in [2.75, 3.05) is 0 Å². The summed E-state index contributed by atoms with van der Waals surface area (Å²) >= 11 is 0. The molecule has 1 aliphatic carbocycles. The van der Waals surface area contributed by atoms with Crippen molar-refractivity contribution in [3.05, 3.63) is 17.7 Å². The van der Waals surface area contributed by atoms with E-state index >= 15 is 0 Å². The van der Waals surface area contributed by atoms with E-state index in [1.54, 1.807) is 6.33 Å². The minimum Gasteiger partial charge on any atom is -0.348 e. The van der Waals surface area contributed by atoms with Crippen molar-refractivity contribution < 1.29 is 0 Å². The van der Waals surface area contributed by atoms with Gasteiger partial charge in [-0.25, -0.2) is 4.98 Å². The molecule has 0 unspecified atom stereocenters. The summed E-state index contributed by atoms with van der Waals surface area (Å²) in [5, 5.41) is 9.03. The lowest BCUT2D eigenvalue weighted by Crippen LogP contribution is -2.33. The highest BCUT2D eigenvalue weighted by Crippen LogP contribution is 2.42. The van der Waals surface area contributed by atoms with Gasteiger partial charge < -0.3 is 4.98 Å². The topological polar surface area (TPSA) is 52.5 Å². The number of hydrogen-bond donors (Lipinski definition) is 1. The third kappa shape index (κ3) is 0.781. The Morgan fingerprint density at radius 3 is 2.75 bits per heavy atom. The first-order chi connectivity index (χ1) is 5.78. The molecular formula is C9H11N3. The Labute approximate surface area is 71.4 Å². The Morgan fingerprint density at radius 2 is 2.42 bits per heavy atom. The molecule has 12 heavy (non-hydrogen) atoms. The number of aromatic amines is 1. The van der Waals surface area contributed by atoms with E-state index in [0.717, 1.165) is 30.7 Å². The van der Waals surface area contributed by atoms with E-state index in [1.165, 1.54) is 0 Å². The van der Waals surface area contributed by atoms with E-state index in [2.05, 4.69) is 16.0 Å². The number of rotatable bonds is 1. The first-order valence-electron chi connectivity index (χ1n) is 4.20. The van der Waals surface area contributed by atoms with Gasteiger partial charge in [-0.05, 0) is 26.2 Å². The van der Waals surface area contributed by atoms with Crippen LogP contribution in [0.2, 0.25) is 0 Å². The van der Waals surface area contributed by atoms with Gasteiger partial charge in [0.25, 0.3) is 0 Å².